The number of hydrogen-bond donors (Lipinski definition) is 0. The molecule has 1 aliphatic rings. The summed E-state index contributed by atoms with van der Waals surface area (Å²) >= 11 is 0. The van der Waals surface area contributed by atoms with E-state index in [0.717, 1.165) is 28.8 Å². The van der Waals surface area contributed by atoms with E-state index in [2.05, 4.69) is 4.90 Å². The summed E-state index contributed by atoms with van der Waals surface area (Å²) in [4.78, 5) is 14.4. The molecule has 0 aromatic heterocycles. The fraction of sp³-hybridized carbons (Fsp3) is 0.350. The van der Waals surface area contributed by atoms with E-state index < -0.39 is 11.7 Å². The van der Waals surface area contributed by atoms with Crippen molar-refractivity contribution in [3.63, 3.8) is 0 Å². The van der Waals surface area contributed by atoms with Gasteiger partial charge in [-0.15, -0.1) is 0 Å². The highest BCUT2D eigenvalue weighted by atomic mass is 19.4. The van der Waals surface area contributed by atoms with Gasteiger partial charge in [0.15, 0.2) is 0 Å². The highest BCUT2D eigenvalue weighted by Crippen LogP contribution is 2.39. The molecular formula is C20H20F3NO. The zero-order chi connectivity index (χ0) is 18.2. The Morgan fingerprint density at radius 2 is 1.32 bits per heavy atom. The van der Waals surface area contributed by atoms with E-state index >= 15 is 0 Å². The minimum Gasteiger partial charge on any atom is -0.300 e. The number of alkyl halides is 3. The Morgan fingerprint density at radius 1 is 0.880 bits per heavy atom. The maximum Gasteiger partial charge on any atom is 0.416 e. The number of nitrogens with zero attached hydrogens (tertiary/aromatic N) is 1. The highest BCUT2D eigenvalue weighted by Gasteiger charge is 2.35. The summed E-state index contributed by atoms with van der Waals surface area (Å²) in [5.74, 6) is 0.133. The second-order valence-corrected chi connectivity index (χ2v) is 6.67. The predicted octanol–water partition coefficient (Wildman–Crippen LogP) is 5.09. The van der Waals surface area contributed by atoms with Gasteiger partial charge >= 0.3 is 6.18 Å². The molecule has 5 heteroatoms. The van der Waals surface area contributed by atoms with Crippen LogP contribution in [0.1, 0.15) is 47.2 Å². The standard InChI is InChI=1S/C20H20F3NO/c1-13-3-5-14(6-4-13)18-11-17(25)12-19(24(18)2)15-7-9-16(10-8-15)20(21,22)23/h3-10,18-19H,11-12H2,1-2H3. The van der Waals surface area contributed by atoms with Crippen LogP contribution < -0.4 is 0 Å². The molecule has 25 heavy (non-hydrogen) atoms. The Labute approximate surface area is 145 Å². The molecule has 132 valence electrons. The normalized spacial score (nSPS) is 22.2. The third kappa shape index (κ3) is 3.76. The molecule has 2 aromatic carbocycles. The molecule has 0 bridgehead atoms. The van der Waals surface area contributed by atoms with Crippen molar-refractivity contribution < 1.29 is 18.0 Å². The number of Topliss-reactive ketones (excluding diaryl/α,β-unsaturated/α-hetero) is 1. The molecule has 0 aliphatic carbocycles. The fourth-order valence-corrected chi connectivity index (χ4v) is 3.41. The van der Waals surface area contributed by atoms with Gasteiger partial charge in [-0.1, -0.05) is 42.0 Å². The average molecular weight is 347 g/mol. The van der Waals surface area contributed by atoms with E-state index in [-0.39, 0.29) is 17.9 Å². The molecule has 0 amide bonds. The summed E-state index contributed by atoms with van der Waals surface area (Å²) in [5.41, 5.74) is 2.27. The second kappa shape index (κ2) is 6.64. The Morgan fingerprint density at radius 3 is 1.76 bits per heavy atom. The molecule has 2 nitrogen and oxygen atoms in total. The first-order valence-electron chi connectivity index (χ1n) is 8.23. The van der Waals surface area contributed by atoms with Crippen molar-refractivity contribution in [2.75, 3.05) is 7.05 Å². The van der Waals surface area contributed by atoms with Gasteiger partial charge in [-0.05, 0) is 37.2 Å². The molecule has 2 aromatic rings. The van der Waals surface area contributed by atoms with E-state index in [1.807, 2.05) is 38.2 Å². The van der Waals surface area contributed by atoms with Crippen LogP contribution >= 0.6 is 0 Å². The number of ketones is 1. The second-order valence-electron chi connectivity index (χ2n) is 6.67. The first-order valence-corrected chi connectivity index (χ1v) is 8.23. The number of hydrogen-bond acceptors (Lipinski definition) is 2. The molecule has 0 saturated carbocycles. The lowest BCUT2D eigenvalue weighted by Crippen LogP contribution is -2.37. The quantitative estimate of drug-likeness (QED) is 0.754. The van der Waals surface area contributed by atoms with Crippen molar-refractivity contribution in [3.05, 3.63) is 70.8 Å². The van der Waals surface area contributed by atoms with Crippen LogP contribution in [0.3, 0.4) is 0 Å². The molecule has 0 radical (unpaired) electrons. The van der Waals surface area contributed by atoms with Crippen LogP contribution in [0, 0.1) is 6.92 Å². The molecule has 0 N–H and O–H groups in total. The largest absolute Gasteiger partial charge is 0.416 e. The van der Waals surface area contributed by atoms with Crippen LogP contribution in [0.15, 0.2) is 48.5 Å². The molecule has 1 saturated heterocycles. The fourth-order valence-electron chi connectivity index (χ4n) is 3.41. The van der Waals surface area contributed by atoms with Crippen molar-refractivity contribution in [2.24, 2.45) is 0 Å². The summed E-state index contributed by atoms with van der Waals surface area (Å²) in [6.07, 6.45) is -3.60. The van der Waals surface area contributed by atoms with Crippen LogP contribution in [0.25, 0.3) is 0 Å². The average Bonchev–Trinajstić information content (AvgIpc) is 2.57. The summed E-state index contributed by atoms with van der Waals surface area (Å²) < 4.78 is 38.3. The lowest BCUT2D eigenvalue weighted by molar-refractivity contribution is -0.137. The van der Waals surface area contributed by atoms with E-state index in [9.17, 15) is 18.0 Å². The van der Waals surface area contributed by atoms with Gasteiger partial charge in [0.05, 0.1) is 5.56 Å². The zero-order valence-electron chi connectivity index (χ0n) is 14.2. The van der Waals surface area contributed by atoms with Crippen LogP contribution in [0.5, 0.6) is 0 Å². The summed E-state index contributed by atoms with van der Waals surface area (Å²) in [5, 5.41) is 0. The predicted molar refractivity (Wildman–Crippen MR) is 90.1 cm³/mol. The summed E-state index contributed by atoms with van der Waals surface area (Å²) in [6, 6.07) is 12.9. The molecule has 1 heterocycles. The maximum absolute atomic E-state index is 12.8. The van der Waals surface area contributed by atoms with Crippen molar-refractivity contribution >= 4 is 5.78 Å². The number of benzene rings is 2. The summed E-state index contributed by atoms with van der Waals surface area (Å²) in [6.45, 7) is 2.00. The SMILES string of the molecule is Cc1ccc(C2CC(=O)CC(c3ccc(C(F)(F)F)cc3)N2C)cc1. The van der Waals surface area contributed by atoms with Crippen LogP contribution in [-0.2, 0) is 11.0 Å². The van der Waals surface area contributed by atoms with Crippen LogP contribution in [0.2, 0.25) is 0 Å². The molecule has 2 atom stereocenters. The Balaban J connectivity index is 1.88. The number of aryl methyl sites for hydroxylation is 1. The van der Waals surface area contributed by atoms with Crippen molar-refractivity contribution in [2.45, 2.75) is 38.0 Å². The number of carbonyl (C=O) groups is 1. The minimum absolute atomic E-state index is 0.0610. The number of rotatable bonds is 2. The Kier molecular flexibility index (Phi) is 4.69. The molecule has 2 unspecified atom stereocenters. The van der Waals surface area contributed by atoms with E-state index in [0.29, 0.717) is 12.8 Å². The third-order valence-corrected chi connectivity index (χ3v) is 4.91. The molecule has 1 fully saturated rings. The number of piperidine rings is 1. The van der Waals surface area contributed by atoms with E-state index in [1.54, 1.807) is 0 Å². The topological polar surface area (TPSA) is 20.3 Å². The van der Waals surface area contributed by atoms with Gasteiger partial charge in [-0.3, -0.25) is 9.69 Å². The number of carbonyl (C=O) groups excluding carboxylic acids is 1. The van der Waals surface area contributed by atoms with Gasteiger partial charge in [0.1, 0.15) is 5.78 Å². The van der Waals surface area contributed by atoms with Crippen molar-refractivity contribution in [1.29, 1.82) is 0 Å². The van der Waals surface area contributed by atoms with E-state index in [1.165, 1.54) is 12.1 Å². The molecule has 0 spiro atoms. The van der Waals surface area contributed by atoms with Crippen molar-refractivity contribution in [1.82, 2.24) is 4.90 Å². The number of likely N-dealkylation sites (tertiary alicyclic amines) is 1. The molecular weight excluding hydrogens is 327 g/mol. The van der Waals surface area contributed by atoms with Crippen LogP contribution in [-0.4, -0.2) is 17.7 Å². The monoisotopic (exact) mass is 347 g/mol. The molecule has 1 aliphatic heterocycles. The van der Waals surface area contributed by atoms with Crippen molar-refractivity contribution in [3.8, 4) is 0 Å². The van der Waals surface area contributed by atoms with Gasteiger partial charge in [0, 0.05) is 24.9 Å². The zero-order valence-corrected chi connectivity index (χ0v) is 14.2. The number of halogens is 3. The smallest absolute Gasteiger partial charge is 0.300 e. The lowest BCUT2D eigenvalue weighted by atomic mass is 9.87. The Bertz CT molecular complexity index is 750. The minimum atomic E-state index is -4.35. The summed E-state index contributed by atoms with van der Waals surface area (Å²) in [7, 11) is 1.93. The molecule has 3 rings (SSSR count). The first-order chi connectivity index (χ1) is 11.8. The van der Waals surface area contributed by atoms with Crippen LogP contribution in [0.4, 0.5) is 13.2 Å². The van der Waals surface area contributed by atoms with Gasteiger partial charge in [0.25, 0.3) is 0 Å². The maximum atomic E-state index is 12.8. The Hall–Kier alpha value is -2.14. The van der Waals surface area contributed by atoms with E-state index in [4.69, 9.17) is 0 Å². The van der Waals surface area contributed by atoms with Gasteiger partial charge in [-0.25, -0.2) is 0 Å². The first kappa shape index (κ1) is 17.7. The van der Waals surface area contributed by atoms with Gasteiger partial charge < -0.3 is 0 Å². The third-order valence-electron chi connectivity index (χ3n) is 4.91. The van der Waals surface area contributed by atoms with Gasteiger partial charge in [0.2, 0.25) is 0 Å². The lowest BCUT2D eigenvalue weighted by Gasteiger charge is -2.39. The highest BCUT2D eigenvalue weighted by molar-refractivity contribution is 5.81. The van der Waals surface area contributed by atoms with Gasteiger partial charge in [-0.2, -0.15) is 13.2 Å².